The van der Waals surface area contributed by atoms with Crippen LogP contribution in [-0.4, -0.2) is 0 Å². The van der Waals surface area contributed by atoms with E-state index in [-0.39, 0.29) is 22.4 Å². The van der Waals surface area contributed by atoms with E-state index in [1.54, 1.807) is 6.08 Å². The Hall–Kier alpha value is -0.0397. The number of rotatable bonds is 0. The Morgan fingerprint density at radius 1 is 1.67 bits per heavy atom. The maximum atomic E-state index is 3.36. The average molecular weight is 304 g/mol. The van der Waals surface area contributed by atoms with Crippen LogP contribution in [0.5, 0.6) is 0 Å². The number of hydrogen-bond acceptors (Lipinski definition) is 0. The van der Waals surface area contributed by atoms with E-state index in [1.165, 1.54) is 0 Å². The van der Waals surface area contributed by atoms with Crippen molar-refractivity contribution in [1.82, 2.24) is 0 Å². The normalized spacial score (nSPS) is 11.2. The number of allylic oxidation sites excluding steroid dienone is 5. The first-order valence-corrected chi connectivity index (χ1v) is 2.70. The van der Waals surface area contributed by atoms with Gasteiger partial charge in [-0.05, 0) is 6.92 Å². The Balaban J connectivity index is 0. The molecule has 0 saturated heterocycles. The summed E-state index contributed by atoms with van der Waals surface area (Å²) in [4.78, 5) is 0. The molecule has 1 rings (SSSR count). The van der Waals surface area contributed by atoms with Gasteiger partial charge in [0.25, 0.3) is 0 Å². The van der Waals surface area contributed by atoms with E-state index >= 15 is 0 Å². The first kappa shape index (κ1) is 11.7. The quantitative estimate of drug-likeness (QED) is 0.366. The second kappa shape index (κ2) is 10.9. The summed E-state index contributed by atoms with van der Waals surface area (Å²) in [5, 5.41) is 0. The minimum Gasteiger partial charge on any atom is -0.273 e. The van der Waals surface area contributed by atoms with E-state index in [0.29, 0.717) is 0 Å². The standard InChI is InChI=1S/C5H5.C3H6.Au/c1-2-4-5-3-1;1-3-2;/h1-3H,4H2;3H,1H2,2H3;/q-1;;+1. The molecule has 0 aromatic heterocycles. The fraction of sp³-hybridized carbons (Fsp3) is 0.250. The fourth-order valence-electron chi connectivity index (χ4n) is 0.340. The summed E-state index contributed by atoms with van der Waals surface area (Å²) in [6.45, 7) is 5.25. The third-order valence-electron chi connectivity index (χ3n) is 0.586. The van der Waals surface area contributed by atoms with Gasteiger partial charge in [0, 0.05) is 0 Å². The molecular formula is C8H11Au. The number of hydrogen-bond donors (Lipinski definition) is 0. The summed E-state index contributed by atoms with van der Waals surface area (Å²) in [6.07, 6.45) is 11.8. The average Bonchev–Trinajstić information content (AvgIpc) is 2.17. The molecule has 0 aliphatic heterocycles. The van der Waals surface area contributed by atoms with Gasteiger partial charge in [-0.2, -0.15) is 6.08 Å². The molecule has 54 valence electrons. The van der Waals surface area contributed by atoms with Gasteiger partial charge in [-0.15, -0.1) is 13.0 Å². The third-order valence-corrected chi connectivity index (χ3v) is 0.586. The van der Waals surface area contributed by atoms with Crippen molar-refractivity contribution in [3.8, 4) is 0 Å². The Morgan fingerprint density at radius 2 is 2.22 bits per heavy atom. The van der Waals surface area contributed by atoms with E-state index in [1.807, 2.05) is 19.1 Å². The van der Waals surface area contributed by atoms with Crippen molar-refractivity contribution < 1.29 is 22.4 Å². The molecule has 0 saturated carbocycles. The molecule has 1 heteroatoms. The maximum absolute atomic E-state index is 3.36. The molecule has 0 N–H and O–H groups in total. The molecule has 0 heterocycles. The minimum absolute atomic E-state index is 0. The molecule has 1 aliphatic rings. The molecule has 0 atom stereocenters. The van der Waals surface area contributed by atoms with Crippen molar-refractivity contribution in [2.24, 2.45) is 0 Å². The predicted octanol–water partition coefficient (Wildman–Crippen LogP) is 2.50. The van der Waals surface area contributed by atoms with Crippen LogP contribution < -0.4 is 0 Å². The molecule has 0 bridgehead atoms. The topological polar surface area (TPSA) is 0 Å². The molecule has 1 aliphatic carbocycles. The van der Waals surface area contributed by atoms with Gasteiger partial charge < -0.3 is 0 Å². The summed E-state index contributed by atoms with van der Waals surface area (Å²) < 4.78 is 0. The van der Waals surface area contributed by atoms with Gasteiger partial charge in [-0.25, -0.2) is 12.2 Å². The Morgan fingerprint density at radius 3 is 2.33 bits per heavy atom. The van der Waals surface area contributed by atoms with Crippen LogP contribution >= 0.6 is 0 Å². The summed E-state index contributed by atoms with van der Waals surface area (Å²) in [6, 6.07) is 0. The maximum Gasteiger partial charge on any atom is 1.00 e. The first-order valence-electron chi connectivity index (χ1n) is 2.70. The zero-order chi connectivity index (χ0) is 6.24. The Labute approximate surface area is 72.9 Å². The van der Waals surface area contributed by atoms with E-state index in [0.717, 1.165) is 6.42 Å². The van der Waals surface area contributed by atoms with Crippen molar-refractivity contribution in [2.75, 3.05) is 0 Å². The summed E-state index contributed by atoms with van der Waals surface area (Å²) in [5.74, 6) is 0. The Bertz CT molecular complexity index is 91.1. The summed E-state index contributed by atoms with van der Waals surface area (Å²) >= 11 is 0. The van der Waals surface area contributed by atoms with Crippen LogP contribution in [0.3, 0.4) is 0 Å². The van der Waals surface area contributed by atoms with Gasteiger partial charge in [0.05, 0.1) is 0 Å². The molecule has 0 nitrogen and oxygen atoms in total. The van der Waals surface area contributed by atoms with E-state index in [2.05, 4.69) is 18.7 Å². The van der Waals surface area contributed by atoms with Crippen molar-refractivity contribution in [2.45, 2.75) is 13.3 Å². The third kappa shape index (κ3) is 11.5. The molecule has 0 fully saturated rings. The molecular weight excluding hydrogens is 293 g/mol. The molecule has 0 amide bonds. The van der Waals surface area contributed by atoms with Crippen LogP contribution in [-0.2, 0) is 22.4 Å². The SMILES string of the molecule is C=CC.[Au+].[C-]1=CC=CC1. The van der Waals surface area contributed by atoms with E-state index in [4.69, 9.17) is 0 Å². The van der Waals surface area contributed by atoms with Crippen molar-refractivity contribution in [3.63, 3.8) is 0 Å². The largest absolute Gasteiger partial charge is 1.00 e. The van der Waals surface area contributed by atoms with Gasteiger partial charge in [-0.3, -0.25) is 6.08 Å². The second-order valence-corrected chi connectivity index (χ2v) is 1.41. The smallest absolute Gasteiger partial charge is 0.273 e. The zero-order valence-electron chi connectivity index (χ0n) is 5.53. The van der Waals surface area contributed by atoms with Crippen LogP contribution in [0.1, 0.15) is 13.3 Å². The Kier molecular flexibility index (Phi) is 14.1. The molecule has 9 heavy (non-hydrogen) atoms. The van der Waals surface area contributed by atoms with Gasteiger partial charge in [0.1, 0.15) is 0 Å². The van der Waals surface area contributed by atoms with Crippen molar-refractivity contribution in [1.29, 1.82) is 0 Å². The first-order chi connectivity index (χ1) is 3.91. The zero-order valence-corrected chi connectivity index (χ0v) is 7.69. The van der Waals surface area contributed by atoms with Crippen LogP contribution in [0.25, 0.3) is 0 Å². The molecule has 0 radical (unpaired) electrons. The van der Waals surface area contributed by atoms with Crippen molar-refractivity contribution >= 4 is 0 Å². The van der Waals surface area contributed by atoms with Crippen LogP contribution in [0.15, 0.2) is 30.9 Å². The molecule has 0 unspecified atom stereocenters. The van der Waals surface area contributed by atoms with E-state index < -0.39 is 0 Å². The summed E-state index contributed by atoms with van der Waals surface area (Å²) in [7, 11) is 0. The molecule has 0 spiro atoms. The van der Waals surface area contributed by atoms with Crippen LogP contribution in [0, 0.1) is 6.08 Å². The summed E-state index contributed by atoms with van der Waals surface area (Å²) in [5.41, 5.74) is 0. The second-order valence-electron chi connectivity index (χ2n) is 1.41. The molecule has 0 aromatic rings. The van der Waals surface area contributed by atoms with Gasteiger partial charge in [-0.1, -0.05) is 6.08 Å². The predicted molar refractivity (Wildman–Crippen MR) is 37.4 cm³/mol. The van der Waals surface area contributed by atoms with Crippen molar-refractivity contribution in [3.05, 3.63) is 37.0 Å². The van der Waals surface area contributed by atoms with Gasteiger partial charge >= 0.3 is 22.4 Å². The minimum atomic E-state index is 0. The fourth-order valence-corrected chi connectivity index (χ4v) is 0.340. The van der Waals surface area contributed by atoms with Gasteiger partial charge in [0.15, 0.2) is 0 Å². The van der Waals surface area contributed by atoms with E-state index in [9.17, 15) is 0 Å². The molecule has 0 aromatic carbocycles. The van der Waals surface area contributed by atoms with Gasteiger partial charge in [0.2, 0.25) is 0 Å². The monoisotopic (exact) mass is 304 g/mol. The van der Waals surface area contributed by atoms with Crippen LogP contribution in [0.2, 0.25) is 0 Å². The van der Waals surface area contributed by atoms with Crippen LogP contribution in [0.4, 0.5) is 0 Å².